The van der Waals surface area contributed by atoms with Crippen LogP contribution in [0.2, 0.25) is 0 Å². The van der Waals surface area contributed by atoms with Gasteiger partial charge in [-0.05, 0) is 74.2 Å². The lowest BCUT2D eigenvalue weighted by Crippen LogP contribution is -2.13. The first-order valence-corrected chi connectivity index (χ1v) is 9.86. The molecule has 0 unspecified atom stereocenters. The van der Waals surface area contributed by atoms with E-state index in [0.29, 0.717) is 5.69 Å². The van der Waals surface area contributed by atoms with E-state index in [1.54, 1.807) is 48.5 Å². The Morgan fingerprint density at radius 1 is 0.957 bits per heavy atom. The molecule has 1 aliphatic rings. The highest BCUT2D eigenvalue weighted by molar-refractivity contribution is 9.10. The summed E-state index contributed by atoms with van der Waals surface area (Å²) < 4.78 is 34.1. The van der Waals surface area contributed by atoms with Crippen LogP contribution in [0, 0.1) is 0 Å². The summed E-state index contributed by atoms with van der Waals surface area (Å²) in [6.45, 7) is 0. The van der Waals surface area contributed by atoms with Crippen molar-refractivity contribution < 1.29 is 13.2 Å². The van der Waals surface area contributed by atoms with Crippen molar-refractivity contribution in [3.8, 4) is 5.75 Å². The monoisotopic (exact) mass is 395 g/mol. The Labute approximate surface area is 145 Å². The summed E-state index contributed by atoms with van der Waals surface area (Å²) in [4.78, 5) is 0.221. The van der Waals surface area contributed by atoms with Crippen LogP contribution in [0.25, 0.3) is 0 Å². The van der Waals surface area contributed by atoms with Gasteiger partial charge in [0.15, 0.2) is 0 Å². The van der Waals surface area contributed by atoms with Gasteiger partial charge in [-0.1, -0.05) is 15.9 Å². The molecule has 0 heterocycles. The van der Waals surface area contributed by atoms with Crippen molar-refractivity contribution in [1.29, 1.82) is 0 Å². The first-order chi connectivity index (χ1) is 11.0. The van der Waals surface area contributed by atoms with Gasteiger partial charge in [0.2, 0.25) is 0 Å². The number of hydrogen-bond acceptors (Lipinski definition) is 3. The molecule has 0 atom stereocenters. The van der Waals surface area contributed by atoms with Gasteiger partial charge in [0.25, 0.3) is 10.0 Å². The average molecular weight is 396 g/mol. The van der Waals surface area contributed by atoms with E-state index in [4.69, 9.17) is 4.74 Å². The Bertz CT molecular complexity index is 751. The second-order valence-electron chi connectivity index (χ2n) is 5.61. The maximum atomic E-state index is 12.4. The molecule has 4 nitrogen and oxygen atoms in total. The molecule has 0 radical (unpaired) electrons. The number of anilines is 1. The Kier molecular flexibility index (Phi) is 4.92. The van der Waals surface area contributed by atoms with Gasteiger partial charge in [0.1, 0.15) is 5.75 Å². The quantitative estimate of drug-likeness (QED) is 0.806. The second kappa shape index (κ2) is 6.93. The predicted molar refractivity (Wildman–Crippen MR) is 94.3 cm³/mol. The fourth-order valence-electron chi connectivity index (χ4n) is 2.63. The molecule has 3 rings (SSSR count). The summed E-state index contributed by atoms with van der Waals surface area (Å²) in [5.74, 6) is 0.722. The lowest BCUT2D eigenvalue weighted by Gasteiger charge is -2.13. The van der Waals surface area contributed by atoms with Gasteiger partial charge in [-0.3, -0.25) is 4.72 Å². The number of sulfonamides is 1. The maximum Gasteiger partial charge on any atom is 0.261 e. The zero-order valence-electron chi connectivity index (χ0n) is 12.5. The third-order valence-electron chi connectivity index (χ3n) is 3.84. The molecule has 0 saturated heterocycles. The van der Waals surface area contributed by atoms with Gasteiger partial charge in [0, 0.05) is 10.2 Å². The van der Waals surface area contributed by atoms with Crippen molar-refractivity contribution in [1.82, 2.24) is 0 Å². The summed E-state index contributed by atoms with van der Waals surface area (Å²) >= 11 is 3.32. The summed E-state index contributed by atoms with van der Waals surface area (Å²) in [5, 5.41) is 0. The molecule has 2 aromatic rings. The lowest BCUT2D eigenvalue weighted by atomic mass is 10.3. The maximum absolute atomic E-state index is 12.4. The fraction of sp³-hybridized carbons (Fsp3) is 0.294. The van der Waals surface area contributed by atoms with Crippen LogP contribution in [0.3, 0.4) is 0 Å². The van der Waals surface area contributed by atoms with Gasteiger partial charge in [-0.15, -0.1) is 0 Å². The van der Waals surface area contributed by atoms with Gasteiger partial charge >= 0.3 is 0 Å². The Hall–Kier alpha value is -1.53. The molecular weight excluding hydrogens is 378 g/mol. The average Bonchev–Trinajstić information content (AvgIpc) is 3.03. The molecule has 0 spiro atoms. The van der Waals surface area contributed by atoms with E-state index in [0.717, 1.165) is 23.1 Å². The third kappa shape index (κ3) is 4.26. The second-order valence-corrected chi connectivity index (χ2v) is 8.21. The van der Waals surface area contributed by atoms with Crippen molar-refractivity contribution in [2.24, 2.45) is 0 Å². The largest absolute Gasteiger partial charge is 0.490 e. The number of hydrogen-bond donors (Lipinski definition) is 1. The van der Waals surface area contributed by atoms with Crippen LogP contribution in [-0.2, 0) is 10.0 Å². The minimum Gasteiger partial charge on any atom is -0.490 e. The molecule has 122 valence electrons. The van der Waals surface area contributed by atoms with E-state index in [-0.39, 0.29) is 11.0 Å². The van der Waals surface area contributed by atoms with Crippen molar-refractivity contribution in [3.63, 3.8) is 0 Å². The SMILES string of the molecule is O=S(=O)(Nc1ccc(Br)cc1)c1ccc(OC2CCCC2)cc1. The van der Waals surface area contributed by atoms with Crippen LogP contribution in [-0.4, -0.2) is 14.5 Å². The van der Waals surface area contributed by atoms with Crippen LogP contribution in [0.5, 0.6) is 5.75 Å². The van der Waals surface area contributed by atoms with E-state index >= 15 is 0 Å². The van der Waals surface area contributed by atoms with E-state index in [9.17, 15) is 8.42 Å². The normalized spacial score (nSPS) is 15.5. The number of benzene rings is 2. The highest BCUT2D eigenvalue weighted by atomic mass is 79.9. The molecular formula is C17H18BrNO3S. The smallest absolute Gasteiger partial charge is 0.261 e. The van der Waals surface area contributed by atoms with Gasteiger partial charge < -0.3 is 4.74 Å². The van der Waals surface area contributed by atoms with Crippen molar-refractivity contribution in [2.75, 3.05) is 4.72 Å². The summed E-state index contributed by atoms with van der Waals surface area (Å²) in [7, 11) is -3.59. The molecule has 0 bridgehead atoms. The molecule has 6 heteroatoms. The van der Waals surface area contributed by atoms with Crippen LogP contribution >= 0.6 is 15.9 Å². The van der Waals surface area contributed by atoms with Crippen molar-refractivity contribution >= 4 is 31.6 Å². The molecule has 2 aromatic carbocycles. The topological polar surface area (TPSA) is 55.4 Å². The Balaban J connectivity index is 1.70. The number of halogens is 1. The number of rotatable bonds is 5. The van der Waals surface area contributed by atoms with Crippen LogP contribution in [0.4, 0.5) is 5.69 Å². The molecule has 1 fully saturated rings. The lowest BCUT2D eigenvalue weighted by molar-refractivity contribution is 0.210. The molecule has 1 aliphatic carbocycles. The first-order valence-electron chi connectivity index (χ1n) is 7.58. The van der Waals surface area contributed by atoms with E-state index < -0.39 is 10.0 Å². The van der Waals surface area contributed by atoms with Gasteiger partial charge in [-0.25, -0.2) is 8.42 Å². The summed E-state index contributed by atoms with van der Waals surface area (Å²) in [6.07, 6.45) is 4.82. The highest BCUT2D eigenvalue weighted by Gasteiger charge is 2.18. The highest BCUT2D eigenvalue weighted by Crippen LogP contribution is 2.25. The van der Waals surface area contributed by atoms with E-state index in [2.05, 4.69) is 20.7 Å². The molecule has 1 saturated carbocycles. The molecule has 0 amide bonds. The van der Waals surface area contributed by atoms with Gasteiger partial charge in [0.05, 0.1) is 11.0 Å². The fourth-order valence-corrected chi connectivity index (χ4v) is 3.95. The summed E-state index contributed by atoms with van der Waals surface area (Å²) in [5.41, 5.74) is 0.527. The van der Waals surface area contributed by atoms with Crippen molar-refractivity contribution in [2.45, 2.75) is 36.7 Å². The molecule has 1 N–H and O–H groups in total. The van der Waals surface area contributed by atoms with Crippen LogP contribution in [0.1, 0.15) is 25.7 Å². The predicted octanol–water partition coefficient (Wildman–Crippen LogP) is 4.57. The zero-order valence-corrected chi connectivity index (χ0v) is 14.9. The molecule has 0 aromatic heterocycles. The van der Waals surface area contributed by atoms with Crippen LogP contribution < -0.4 is 9.46 Å². The Morgan fingerprint density at radius 3 is 2.17 bits per heavy atom. The standard InChI is InChI=1S/C17H18BrNO3S/c18-13-5-7-14(8-6-13)19-23(20,21)17-11-9-16(10-12-17)22-15-3-1-2-4-15/h5-12,15,19H,1-4H2. The number of ether oxygens (including phenoxy) is 1. The zero-order chi connectivity index (χ0) is 16.3. The van der Waals surface area contributed by atoms with E-state index in [1.807, 2.05) is 0 Å². The summed E-state index contributed by atoms with van der Waals surface area (Å²) in [6, 6.07) is 13.6. The Morgan fingerprint density at radius 2 is 1.57 bits per heavy atom. The minimum atomic E-state index is -3.59. The molecule has 23 heavy (non-hydrogen) atoms. The third-order valence-corrected chi connectivity index (χ3v) is 5.76. The van der Waals surface area contributed by atoms with E-state index in [1.165, 1.54) is 12.8 Å². The van der Waals surface area contributed by atoms with Gasteiger partial charge in [-0.2, -0.15) is 0 Å². The molecule has 0 aliphatic heterocycles. The first kappa shape index (κ1) is 16.3. The van der Waals surface area contributed by atoms with Crippen LogP contribution in [0.15, 0.2) is 57.9 Å². The minimum absolute atomic E-state index is 0.221. The van der Waals surface area contributed by atoms with Crippen molar-refractivity contribution in [3.05, 3.63) is 53.0 Å². The number of nitrogens with one attached hydrogen (secondary N) is 1.